The maximum Gasteiger partial charge on any atom is 0.407 e. The zero-order valence-electron chi connectivity index (χ0n) is 14.9. The lowest BCUT2D eigenvalue weighted by Crippen LogP contribution is -2.33. The molecule has 0 saturated heterocycles. The molecule has 1 amide bonds. The molecule has 0 radical (unpaired) electrons. The molecule has 0 aliphatic carbocycles. The zero-order valence-corrected chi connectivity index (χ0v) is 14.9. The molecule has 6 heteroatoms. The van der Waals surface area contributed by atoms with Crippen molar-refractivity contribution in [3.05, 3.63) is 18.2 Å². The normalized spacial score (nSPS) is 11.5. The van der Waals surface area contributed by atoms with Crippen LogP contribution in [-0.4, -0.2) is 41.0 Å². The summed E-state index contributed by atoms with van der Waals surface area (Å²) in [5, 5.41) is 2.77. The third kappa shape index (κ3) is 9.23. The van der Waals surface area contributed by atoms with Crippen molar-refractivity contribution in [1.29, 1.82) is 0 Å². The third-order valence-electron chi connectivity index (χ3n) is 3.18. The second-order valence-electron chi connectivity index (χ2n) is 6.58. The van der Waals surface area contributed by atoms with E-state index in [1.807, 2.05) is 33.3 Å². The summed E-state index contributed by atoms with van der Waals surface area (Å²) in [6, 6.07) is 0. The molecular weight excluding hydrogens is 294 g/mol. The van der Waals surface area contributed by atoms with Gasteiger partial charge in [-0.05, 0) is 33.6 Å². The van der Waals surface area contributed by atoms with E-state index in [1.54, 1.807) is 0 Å². The van der Waals surface area contributed by atoms with Crippen LogP contribution < -0.4 is 5.32 Å². The van der Waals surface area contributed by atoms with Gasteiger partial charge in [-0.3, -0.25) is 0 Å². The number of nitrogens with one attached hydrogen (secondary N) is 1. The van der Waals surface area contributed by atoms with Gasteiger partial charge in [0.25, 0.3) is 0 Å². The van der Waals surface area contributed by atoms with E-state index in [1.165, 1.54) is 0 Å². The number of carbonyl (C=O) groups is 1. The van der Waals surface area contributed by atoms with Gasteiger partial charge in [-0.15, -0.1) is 0 Å². The summed E-state index contributed by atoms with van der Waals surface area (Å²) in [4.78, 5) is 15.8. The van der Waals surface area contributed by atoms with Crippen molar-refractivity contribution in [1.82, 2.24) is 14.9 Å². The van der Waals surface area contributed by atoms with E-state index in [4.69, 9.17) is 9.47 Å². The molecule has 0 atom stereocenters. The van der Waals surface area contributed by atoms with Gasteiger partial charge in [0, 0.05) is 44.6 Å². The average Bonchev–Trinajstić information content (AvgIpc) is 2.88. The highest BCUT2D eigenvalue weighted by molar-refractivity contribution is 5.67. The van der Waals surface area contributed by atoms with Crippen molar-refractivity contribution < 1.29 is 14.3 Å². The van der Waals surface area contributed by atoms with Gasteiger partial charge in [0.2, 0.25) is 0 Å². The fourth-order valence-corrected chi connectivity index (χ4v) is 2.05. The van der Waals surface area contributed by atoms with Gasteiger partial charge < -0.3 is 19.4 Å². The lowest BCUT2D eigenvalue weighted by molar-refractivity contribution is 0.0528. The number of aromatic nitrogens is 2. The van der Waals surface area contributed by atoms with E-state index in [2.05, 4.69) is 21.8 Å². The van der Waals surface area contributed by atoms with Crippen molar-refractivity contribution in [2.75, 3.05) is 19.8 Å². The van der Waals surface area contributed by atoms with Gasteiger partial charge in [-0.25, -0.2) is 9.78 Å². The van der Waals surface area contributed by atoms with Crippen molar-refractivity contribution >= 4 is 6.09 Å². The highest BCUT2D eigenvalue weighted by Crippen LogP contribution is 2.07. The first-order valence-corrected chi connectivity index (χ1v) is 8.46. The van der Waals surface area contributed by atoms with Crippen LogP contribution in [0.25, 0.3) is 0 Å². The van der Waals surface area contributed by atoms with Crippen LogP contribution in [0, 0.1) is 0 Å². The van der Waals surface area contributed by atoms with Crippen LogP contribution in [-0.2, 0) is 22.4 Å². The topological polar surface area (TPSA) is 65.4 Å². The minimum atomic E-state index is -0.469. The first-order chi connectivity index (χ1) is 10.9. The molecule has 0 bridgehead atoms. The Kier molecular flexibility index (Phi) is 8.69. The van der Waals surface area contributed by atoms with Crippen molar-refractivity contribution in [3.63, 3.8) is 0 Å². The Morgan fingerprint density at radius 3 is 2.74 bits per heavy atom. The Balaban J connectivity index is 2.23. The summed E-state index contributed by atoms with van der Waals surface area (Å²) in [5.74, 6) is 0. The minimum Gasteiger partial charge on any atom is -0.444 e. The van der Waals surface area contributed by atoms with Crippen LogP contribution >= 0.6 is 0 Å². The van der Waals surface area contributed by atoms with Crippen LogP contribution in [0.2, 0.25) is 0 Å². The van der Waals surface area contributed by atoms with Crippen LogP contribution in [0.4, 0.5) is 4.79 Å². The number of imidazole rings is 1. The van der Waals surface area contributed by atoms with Gasteiger partial charge in [0.15, 0.2) is 0 Å². The summed E-state index contributed by atoms with van der Waals surface area (Å²) < 4.78 is 12.9. The number of ether oxygens (including phenoxy) is 2. The smallest absolute Gasteiger partial charge is 0.407 e. The molecule has 23 heavy (non-hydrogen) atoms. The monoisotopic (exact) mass is 325 g/mol. The summed E-state index contributed by atoms with van der Waals surface area (Å²) in [6.07, 6.45) is 7.27. The highest BCUT2D eigenvalue weighted by Gasteiger charge is 2.15. The summed E-state index contributed by atoms with van der Waals surface area (Å²) in [5.41, 5.74) is 0.638. The average molecular weight is 325 g/mol. The predicted molar refractivity (Wildman–Crippen MR) is 90.5 cm³/mol. The number of alkyl carbamates (subject to hydrolysis) is 1. The van der Waals surface area contributed by atoms with E-state index < -0.39 is 5.60 Å². The molecule has 1 aromatic rings. The quantitative estimate of drug-likeness (QED) is 0.671. The van der Waals surface area contributed by atoms with Crippen LogP contribution in [0.3, 0.4) is 0 Å². The number of aryl methyl sites for hydroxylation is 1. The van der Waals surface area contributed by atoms with Gasteiger partial charge in [0.1, 0.15) is 5.60 Å². The van der Waals surface area contributed by atoms with Crippen molar-refractivity contribution in [2.45, 2.75) is 65.5 Å². The first kappa shape index (κ1) is 19.5. The molecule has 0 unspecified atom stereocenters. The molecular formula is C17H31N3O3. The van der Waals surface area contributed by atoms with Crippen molar-refractivity contribution in [3.8, 4) is 0 Å². The maximum absolute atomic E-state index is 11.6. The largest absolute Gasteiger partial charge is 0.444 e. The van der Waals surface area contributed by atoms with Crippen LogP contribution in [0.15, 0.2) is 12.5 Å². The van der Waals surface area contributed by atoms with E-state index in [0.717, 1.165) is 51.1 Å². The Morgan fingerprint density at radius 1 is 1.30 bits per heavy atom. The fraction of sp³-hybridized carbons (Fsp3) is 0.765. The summed E-state index contributed by atoms with van der Waals surface area (Å²) >= 11 is 0. The summed E-state index contributed by atoms with van der Waals surface area (Å²) in [7, 11) is 0. The number of rotatable bonds is 10. The standard InChI is InChI=1S/C17H31N3O3/c1-5-6-11-22-12-7-10-20-14-18-13-15(20)8-9-19-16(21)23-17(2,3)4/h13-14H,5-12H2,1-4H3,(H,19,21). The molecule has 0 aliphatic rings. The minimum absolute atomic E-state index is 0.382. The second kappa shape index (κ2) is 10.3. The van der Waals surface area contributed by atoms with Crippen LogP contribution in [0.5, 0.6) is 0 Å². The fourth-order valence-electron chi connectivity index (χ4n) is 2.05. The Bertz CT molecular complexity index is 452. The highest BCUT2D eigenvalue weighted by atomic mass is 16.6. The molecule has 0 spiro atoms. The molecule has 1 N–H and O–H groups in total. The second-order valence-corrected chi connectivity index (χ2v) is 6.58. The number of carbonyl (C=O) groups excluding carboxylic acids is 1. The Hall–Kier alpha value is -1.56. The van der Waals surface area contributed by atoms with Gasteiger partial charge in [0.05, 0.1) is 6.33 Å². The van der Waals surface area contributed by atoms with E-state index in [9.17, 15) is 4.79 Å². The molecule has 1 heterocycles. The molecule has 132 valence electrons. The molecule has 1 rings (SSSR count). The van der Waals surface area contributed by atoms with Crippen molar-refractivity contribution in [2.24, 2.45) is 0 Å². The summed E-state index contributed by atoms with van der Waals surface area (Å²) in [6.45, 7) is 10.7. The number of nitrogens with zero attached hydrogens (tertiary/aromatic N) is 2. The maximum atomic E-state index is 11.6. The van der Waals surface area contributed by atoms with Gasteiger partial charge in [-0.1, -0.05) is 13.3 Å². The van der Waals surface area contributed by atoms with Crippen LogP contribution in [0.1, 0.15) is 52.7 Å². The Labute approximate surface area is 139 Å². The van der Waals surface area contributed by atoms with Gasteiger partial charge >= 0.3 is 6.09 Å². The third-order valence-corrected chi connectivity index (χ3v) is 3.18. The number of unbranched alkanes of at least 4 members (excludes halogenated alkanes) is 1. The van der Waals surface area contributed by atoms with Gasteiger partial charge in [-0.2, -0.15) is 0 Å². The number of amides is 1. The SMILES string of the molecule is CCCCOCCCn1cncc1CCNC(=O)OC(C)(C)C. The lowest BCUT2D eigenvalue weighted by atomic mass is 10.2. The first-order valence-electron chi connectivity index (χ1n) is 8.46. The molecule has 6 nitrogen and oxygen atoms in total. The molecule has 0 saturated carbocycles. The zero-order chi connectivity index (χ0) is 17.1. The predicted octanol–water partition coefficient (Wildman–Crippen LogP) is 3.16. The Morgan fingerprint density at radius 2 is 2.04 bits per heavy atom. The van der Waals surface area contributed by atoms with E-state index >= 15 is 0 Å². The molecule has 0 aliphatic heterocycles. The lowest BCUT2D eigenvalue weighted by Gasteiger charge is -2.19. The molecule has 0 aromatic carbocycles. The van der Waals surface area contributed by atoms with E-state index in [-0.39, 0.29) is 6.09 Å². The number of hydrogen-bond donors (Lipinski definition) is 1. The van der Waals surface area contributed by atoms with E-state index in [0.29, 0.717) is 6.54 Å². The molecule has 1 aromatic heterocycles. The molecule has 0 fully saturated rings. The number of hydrogen-bond acceptors (Lipinski definition) is 4.